The Morgan fingerprint density at radius 1 is 1.12 bits per heavy atom. The largest absolute Gasteiger partial charge is 0.512 e. The molecule has 1 aliphatic rings. The van der Waals surface area contributed by atoms with Crippen molar-refractivity contribution in [1.29, 1.82) is 0 Å². The highest BCUT2D eigenvalue weighted by Gasteiger charge is 2.46. The Bertz CT molecular complexity index is 1560. The molecule has 10 heteroatoms. The number of nitrogen functional groups attached to an aromatic ring is 1. The van der Waals surface area contributed by atoms with Gasteiger partial charge >= 0.3 is 5.97 Å². The summed E-state index contributed by atoms with van der Waals surface area (Å²) in [6, 6.07) is 15.7. The molecule has 0 saturated carbocycles. The molecule has 0 aliphatic carbocycles. The van der Waals surface area contributed by atoms with Crippen molar-refractivity contribution in [2.45, 2.75) is 76.3 Å². The van der Waals surface area contributed by atoms with Crippen molar-refractivity contribution in [2.75, 3.05) is 10.5 Å². The Hall–Kier alpha value is -3.92. The minimum atomic E-state index is -4.00. The quantitative estimate of drug-likeness (QED) is 0.223. The van der Waals surface area contributed by atoms with Crippen LogP contribution in [0.5, 0.6) is 0 Å². The molecule has 2 heterocycles. The van der Waals surface area contributed by atoms with Crippen LogP contribution in [0.1, 0.15) is 70.4 Å². The number of hydrogen-bond donors (Lipinski definition) is 3. The SMILES string of the molecule is CCC[C@@]1(CCc2ccc(F)cc2)CC(O)=C(C(c2cccc(NS(=O)(=O)c3ccc(N)cn3)c2)C(C)(C)C)C(=O)O1. The molecule has 0 spiro atoms. The number of nitrogens with one attached hydrogen (secondary N) is 1. The number of anilines is 2. The Kier molecular flexibility index (Phi) is 8.96. The predicted octanol–water partition coefficient (Wildman–Crippen LogP) is 6.66. The highest BCUT2D eigenvalue weighted by molar-refractivity contribution is 7.92. The van der Waals surface area contributed by atoms with E-state index in [4.69, 9.17) is 10.5 Å². The fourth-order valence-corrected chi connectivity index (χ4v) is 6.59. The second-order valence-corrected chi connectivity index (χ2v) is 13.6. The monoisotopic (exact) mass is 595 g/mol. The van der Waals surface area contributed by atoms with Crippen molar-refractivity contribution < 1.29 is 27.4 Å². The van der Waals surface area contributed by atoms with E-state index >= 15 is 0 Å². The molecule has 1 aliphatic heterocycles. The van der Waals surface area contributed by atoms with Gasteiger partial charge < -0.3 is 15.6 Å². The number of nitrogens with zero attached hydrogens (tertiary/aromatic N) is 1. The third-order valence-electron chi connectivity index (χ3n) is 7.48. The number of nitrogens with two attached hydrogens (primary N) is 1. The van der Waals surface area contributed by atoms with Gasteiger partial charge in [-0.3, -0.25) is 4.72 Å². The smallest absolute Gasteiger partial charge is 0.338 e. The number of halogens is 1. The minimum absolute atomic E-state index is 0.0317. The molecule has 0 fully saturated rings. The van der Waals surface area contributed by atoms with Crippen molar-refractivity contribution in [1.82, 2.24) is 4.98 Å². The third-order valence-corrected chi connectivity index (χ3v) is 8.78. The number of ether oxygens (including phenoxy) is 1. The highest BCUT2D eigenvalue weighted by Crippen LogP contribution is 2.47. The molecule has 0 saturated heterocycles. The first-order valence-electron chi connectivity index (χ1n) is 14.0. The van der Waals surface area contributed by atoms with Crippen LogP contribution in [0.25, 0.3) is 0 Å². The van der Waals surface area contributed by atoms with E-state index in [2.05, 4.69) is 9.71 Å². The molecular formula is C32H38FN3O5S. The van der Waals surface area contributed by atoms with E-state index in [1.165, 1.54) is 30.5 Å². The van der Waals surface area contributed by atoms with Crippen molar-refractivity contribution in [2.24, 2.45) is 5.41 Å². The van der Waals surface area contributed by atoms with Crippen LogP contribution in [0.4, 0.5) is 15.8 Å². The van der Waals surface area contributed by atoms with E-state index < -0.39 is 32.9 Å². The molecule has 224 valence electrons. The second-order valence-electron chi connectivity index (χ2n) is 11.9. The summed E-state index contributed by atoms with van der Waals surface area (Å²) in [5, 5.41) is 11.3. The summed E-state index contributed by atoms with van der Waals surface area (Å²) >= 11 is 0. The van der Waals surface area contributed by atoms with Crippen molar-refractivity contribution in [3.8, 4) is 0 Å². The van der Waals surface area contributed by atoms with E-state index in [0.717, 1.165) is 12.0 Å². The number of cyclic esters (lactones) is 1. The number of carbonyl (C=O) groups excluding carboxylic acids is 1. The lowest BCUT2D eigenvalue weighted by Gasteiger charge is -2.41. The van der Waals surface area contributed by atoms with Gasteiger partial charge in [0.05, 0.1) is 17.5 Å². The van der Waals surface area contributed by atoms with Gasteiger partial charge in [0.15, 0.2) is 5.03 Å². The number of sulfonamides is 1. The number of esters is 1. The topological polar surface area (TPSA) is 132 Å². The van der Waals surface area contributed by atoms with Gasteiger partial charge in [-0.25, -0.2) is 14.2 Å². The maximum Gasteiger partial charge on any atom is 0.338 e. The summed E-state index contributed by atoms with van der Waals surface area (Å²) < 4.78 is 48.0. The summed E-state index contributed by atoms with van der Waals surface area (Å²) in [6.45, 7) is 7.84. The van der Waals surface area contributed by atoms with Crippen LogP contribution in [0, 0.1) is 11.2 Å². The zero-order chi connectivity index (χ0) is 30.7. The van der Waals surface area contributed by atoms with E-state index in [-0.39, 0.29) is 34.3 Å². The van der Waals surface area contributed by atoms with Crippen molar-refractivity contribution in [3.63, 3.8) is 0 Å². The number of aliphatic hydroxyl groups is 1. The molecule has 3 aromatic rings. The molecular weight excluding hydrogens is 557 g/mol. The van der Waals surface area contributed by atoms with E-state index in [9.17, 15) is 22.7 Å². The first-order chi connectivity index (χ1) is 19.7. The van der Waals surface area contributed by atoms with Gasteiger partial charge in [0.2, 0.25) is 0 Å². The summed E-state index contributed by atoms with van der Waals surface area (Å²) in [4.78, 5) is 17.6. The Morgan fingerprint density at radius 2 is 1.83 bits per heavy atom. The van der Waals surface area contributed by atoms with Crippen molar-refractivity contribution in [3.05, 3.63) is 95.1 Å². The lowest BCUT2D eigenvalue weighted by molar-refractivity contribution is -0.161. The number of aromatic nitrogens is 1. The number of benzene rings is 2. The van der Waals surface area contributed by atoms with E-state index in [0.29, 0.717) is 30.5 Å². The molecule has 4 N–H and O–H groups in total. The van der Waals surface area contributed by atoms with Gasteiger partial charge in [-0.1, -0.05) is 58.4 Å². The number of rotatable bonds is 10. The summed E-state index contributed by atoms with van der Waals surface area (Å²) in [6.07, 6.45) is 3.77. The van der Waals surface area contributed by atoms with Gasteiger partial charge in [0, 0.05) is 18.0 Å². The molecule has 42 heavy (non-hydrogen) atoms. The molecule has 1 unspecified atom stereocenters. The molecule has 1 aromatic heterocycles. The van der Waals surface area contributed by atoms with Crippen molar-refractivity contribution >= 4 is 27.4 Å². The Balaban J connectivity index is 1.65. The highest BCUT2D eigenvalue weighted by atomic mass is 32.2. The van der Waals surface area contributed by atoms with Crippen LogP contribution < -0.4 is 10.5 Å². The fourth-order valence-electron chi connectivity index (χ4n) is 5.61. The maximum absolute atomic E-state index is 13.7. The molecule has 2 aromatic carbocycles. The molecule has 8 nitrogen and oxygen atoms in total. The minimum Gasteiger partial charge on any atom is -0.512 e. The zero-order valence-corrected chi connectivity index (χ0v) is 25.2. The van der Waals surface area contributed by atoms with Crippen LogP contribution in [-0.2, 0) is 26.0 Å². The summed E-state index contributed by atoms with van der Waals surface area (Å²) in [7, 11) is -4.00. The molecule has 2 atom stereocenters. The maximum atomic E-state index is 13.7. The van der Waals surface area contributed by atoms with Gasteiger partial charge in [0.1, 0.15) is 17.2 Å². The lowest BCUT2D eigenvalue weighted by Crippen LogP contribution is -2.43. The van der Waals surface area contributed by atoms with Gasteiger partial charge in [0.25, 0.3) is 10.0 Å². The molecule has 0 bridgehead atoms. The van der Waals surface area contributed by atoms with E-state index in [1.807, 2.05) is 27.7 Å². The van der Waals surface area contributed by atoms with Crippen LogP contribution in [0.15, 0.2) is 83.2 Å². The van der Waals surface area contributed by atoms with Gasteiger partial charge in [-0.2, -0.15) is 8.42 Å². The fraction of sp³-hybridized carbons (Fsp3) is 0.375. The normalized spacial score (nSPS) is 18.5. The Labute approximate surface area is 246 Å². The van der Waals surface area contributed by atoms with Crippen LogP contribution in [-0.4, -0.2) is 30.1 Å². The standard InChI is InChI=1S/C32H38FN3O5S/c1-5-16-32(17-15-21-9-11-23(33)12-10-21)19-26(37)28(30(38)41-32)29(31(2,3)4)22-7-6-8-25(18-22)36-42(39,40)27-14-13-24(34)20-35-27/h6-14,18,20,29,36-37H,5,15-17,19,34H2,1-4H3/t29?,32-/m1/s1. The predicted molar refractivity (Wildman–Crippen MR) is 161 cm³/mol. The first kappa shape index (κ1) is 31.0. The van der Waals surface area contributed by atoms with Crippen LogP contribution in [0.2, 0.25) is 0 Å². The average molecular weight is 596 g/mol. The third kappa shape index (κ3) is 7.10. The number of pyridine rings is 1. The molecule has 0 amide bonds. The Morgan fingerprint density at radius 3 is 2.43 bits per heavy atom. The van der Waals surface area contributed by atoms with Crippen LogP contribution in [0.3, 0.4) is 0 Å². The van der Waals surface area contributed by atoms with E-state index in [1.54, 1.807) is 36.4 Å². The average Bonchev–Trinajstić information content (AvgIpc) is 2.90. The first-order valence-corrected chi connectivity index (χ1v) is 15.5. The number of carbonyl (C=O) groups is 1. The van der Waals surface area contributed by atoms with Crippen LogP contribution >= 0.6 is 0 Å². The van der Waals surface area contributed by atoms with Gasteiger partial charge in [-0.15, -0.1) is 0 Å². The second kappa shape index (κ2) is 12.1. The lowest BCUT2D eigenvalue weighted by atomic mass is 9.70. The summed E-state index contributed by atoms with van der Waals surface area (Å²) in [5.41, 5.74) is 6.55. The van der Waals surface area contributed by atoms with Gasteiger partial charge in [-0.05, 0) is 72.2 Å². The number of aliphatic hydroxyl groups excluding tert-OH is 1. The number of hydrogen-bond acceptors (Lipinski definition) is 7. The summed E-state index contributed by atoms with van der Waals surface area (Å²) in [5.74, 6) is -1.54. The zero-order valence-electron chi connectivity index (χ0n) is 24.4. The molecule has 0 radical (unpaired) electrons. The molecule has 4 rings (SSSR count). The number of aryl methyl sites for hydroxylation is 1.